The van der Waals surface area contributed by atoms with E-state index in [-0.39, 0.29) is 5.78 Å². The molecule has 3 heterocycles. The Bertz CT molecular complexity index is 1370. The van der Waals surface area contributed by atoms with Gasteiger partial charge in [-0.3, -0.25) is 9.48 Å². The Kier molecular flexibility index (Phi) is 5.33. The second-order valence-corrected chi connectivity index (χ2v) is 7.70. The van der Waals surface area contributed by atoms with Crippen molar-refractivity contribution in [2.24, 2.45) is 0 Å². The molecule has 0 spiro atoms. The van der Waals surface area contributed by atoms with Crippen molar-refractivity contribution in [3.63, 3.8) is 0 Å². The molecule has 32 heavy (non-hydrogen) atoms. The van der Waals surface area contributed by atoms with Gasteiger partial charge >= 0.3 is 0 Å². The standard InChI is InChI=1S/C24H22N6O2/c1-17-5-4-6-18(15-17)21(31)9-10-22-26-24(32-28-22)23-19-7-2-3-8-20(19)27-30(23)14-13-29-12-11-25-16-29/h2-8,11-12,15-16H,9-10,13-14H2,1H3. The number of hydrogen-bond acceptors (Lipinski definition) is 6. The molecule has 160 valence electrons. The lowest BCUT2D eigenvalue weighted by Crippen LogP contribution is -2.09. The van der Waals surface area contributed by atoms with Crippen molar-refractivity contribution >= 4 is 16.7 Å². The molecule has 0 saturated heterocycles. The Balaban J connectivity index is 1.37. The number of fused-ring (bicyclic) bond motifs is 1. The van der Waals surface area contributed by atoms with Crippen molar-refractivity contribution in [1.82, 2.24) is 29.5 Å². The van der Waals surface area contributed by atoms with Crippen LogP contribution >= 0.6 is 0 Å². The molecule has 2 aromatic carbocycles. The first-order valence-electron chi connectivity index (χ1n) is 10.5. The summed E-state index contributed by atoms with van der Waals surface area (Å²) in [7, 11) is 0. The van der Waals surface area contributed by atoms with Gasteiger partial charge in [-0.15, -0.1) is 0 Å². The largest absolute Gasteiger partial charge is 0.336 e. The highest BCUT2D eigenvalue weighted by Gasteiger charge is 2.19. The van der Waals surface area contributed by atoms with Crippen molar-refractivity contribution < 1.29 is 9.32 Å². The number of aryl methyl sites for hydroxylation is 4. The molecule has 0 N–H and O–H groups in total. The lowest BCUT2D eigenvalue weighted by atomic mass is 10.0. The Hall–Kier alpha value is -4.07. The molecule has 0 amide bonds. The highest BCUT2D eigenvalue weighted by molar-refractivity contribution is 5.96. The summed E-state index contributed by atoms with van der Waals surface area (Å²) in [4.78, 5) is 21.2. The van der Waals surface area contributed by atoms with E-state index in [1.807, 2.05) is 70.9 Å². The molecule has 0 unspecified atom stereocenters. The molecule has 0 aliphatic carbocycles. The Morgan fingerprint density at radius 2 is 2.00 bits per heavy atom. The van der Waals surface area contributed by atoms with Crippen molar-refractivity contribution in [3.8, 4) is 11.6 Å². The predicted octanol–water partition coefficient (Wildman–Crippen LogP) is 4.11. The fourth-order valence-corrected chi connectivity index (χ4v) is 3.74. The van der Waals surface area contributed by atoms with Crippen LogP contribution in [0.2, 0.25) is 0 Å². The van der Waals surface area contributed by atoms with Gasteiger partial charge in [-0.05, 0) is 19.1 Å². The molecule has 3 aromatic heterocycles. The van der Waals surface area contributed by atoms with E-state index in [9.17, 15) is 4.79 Å². The number of imidazole rings is 1. The van der Waals surface area contributed by atoms with E-state index in [0.717, 1.165) is 22.2 Å². The number of ketones is 1. The van der Waals surface area contributed by atoms with Crippen LogP contribution in [-0.2, 0) is 19.5 Å². The first-order chi connectivity index (χ1) is 15.7. The van der Waals surface area contributed by atoms with Gasteiger partial charge in [0.25, 0.3) is 5.89 Å². The molecule has 0 aliphatic rings. The maximum atomic E-state index is 12.5. The van der Waals surface area contributed by atoms with Crippen molar-refractivity contribution in [3.05, 3.63) is 84.2 Å². The molecule has 0 radical (unpaired) electrons. The van der Waals surface area contributed by atoms with Gasteiger partial charge in [-0.2, -0.15) is 10.1 Å². The van der Waals surface area contributed by atoms with Crippen LogP contribution in [0.5, 0.6) is 0 Å². The van der Waals surface area contributed by atoms with E-state index in [1.54, 1.807) is 12.5 Å². The highest BCUT2D eigenvalue weighted by atomic mass is 16.5. The van der Waals surface area contributed by atoms with Gasteiger partial charge in [-0.25, -0.2) is 4.98 Å². The van der Waals surface area contributed by atoms with Gasteiger partial charge in [0, 0.05) is 42.7 Å². The second kappa shape index (κ2) is 8.58. The number of carbonyl (C=O) groups is 1. The molecule has 0 aliphatic heterocycles. The maximum Gasteiger partial charge on any atom is 0.276 e. The molecule has 8 nitrogen and oxygen atoms in total. The zero-order valence-corrected chi connectivity index (χ0v) is 17.7. The van der Waals surface area contributed by atoms with E-state index in [1.165, 1.54) is 0 Å². The van der Waals surface area contributed by atoms with Crippen LogP contribution in [0.4, 0.5) is 0 Å². The molecule has 0 bridgehead atoms. The van der Waals surface area contributed by atoms with E-state index >= 15 is 0 Å². The van der Waals surface area contributed by atoms with E-state index in [2.05, 4.69) is 15.1 Å². The van der Waals surface area contributed by atoms with Crippen LogP contribution in [0, 0.1) is 6.92 Å². The topological polar surface area (TPSA) is 91.6 Å². The van der Waals surface area contributed by atoms with Crippen LogP contribution in [-0.4, -0.2) is 35.3 Å². The Morgan fingerprint density at radius 1 is 1.09 bits per heavy atom. The lowest BCUT2D eigenvalue weighted by molar-refractivity contribution is 0.0982. The molecule has 8 heteroatoms. The lowest BCUT2D eigenvalue weighted by Gasteiger charge is -2.05. The van der Waals surface area contributed by atoms with Gasteiger partial charge in [0.05, 0.1) is 18.4 Å². The summed E-state index contributed by atoms with van der Waals surface area (Å²) in [5.41, 5.74) is 3.41. The van der Waals surface area contributed by atoms with Gasteiger partial charge in [0.1, 0.15) is 5.69 Å². The normalized spacial score (nSPS) is 11.3. The summed E-state index contributed by atoms with van der Waals surface area (Å²) < 4.78 is 9.48. The minimum atomic E-state index is 0.0656. The first-order valence-corrected chi connectivity index (χ1v) is 10.5. The molecular formula is C24H22N6O2. The SMILES string of the molecule is Cc1cccc(C(=O)CCc2noc(-c3c4ccccc4nn3CCn3ccnc3)n2)c1. The zero-order chi connectivity index (χ0) is 21.9. The van der Waals surface area contributed by atoms with Crippen LogP contribution in [0.15, 0.2) is 71.8 Å². The summed E-state index contributed by atoms with van der Waals surface area (Å²) in [6, 6.07) is 15.5. The number of aromatic nitrogens is 6. The third kappa shape index (κ3) is 4.07. The third-order valence-electron chi connectivity index (χ3n) is 5.36. The summed E-state index contributed by atoms with van der Waals surface area (Å²) in [5, 5.41) is 9.79. The fourth-order valence-electron chi connectivity index (χ4n) is 3.74. The van der Waals surface area contributed by atoms with Crippen LogP contribution in [0.25, 0.3) is 22.5 Å². The van der Waals surface area contributed by atoms with Gasteiger partial charge in [0.15, 0.2) is 11.6 Å². The summed E-state index contributed by atoms with van der Waals surface area (Å²) in [6.45, 7) is 3.32. The van der Waals surface area contributed by atoms with Crippen LogP contribution in [0.1, 0.15) is 28.2 Å². The van der Waals surface area contributed by atoms with E-state index in [4.69, 9.17) is 9.62 Å². The van der Waals surface area contributed by atoms with Crippen molar-refractivity contribution in [2.75, 3.05) is 0 Å². The fraction of sp³-hybridized carbons (Fsp3) is 0.208. The van der Waals surface area contributed by atoms with Gasteiger partial charge in [0.2, 0.25) is 0 Å². The molecule has 5 aromatic rings. The highest BCUT2D eigenvalue weighted by Crippen LogP contribution is 2.28. The minimum Gasteiger partial charge on any atom is -0.336 e. The Labute approximate surface area is 184 Å². The number of benzene rings is 2. The molecule has 0 atom stereocenters. The van der Waals surface area contributed by atoms with Crippen molar-refractivity contribution in [2.45, 2.75) is 32.9 Å². The number of Topliss-reactive ketones (excluding diaryl/α,β-unsaturated/α-hetero) is 1. The van der Waals surface area contributed by atoms with Crippen LogP contribution < -0.4 is 0 Å². The zero-order valence-electron chi connectivity index (χ0n) is 17.7. The first kappa shape index (κ1) is 19.9. The van der Waals surface area contributed by atoms with Crippen LogP contribution in [0.3, 0.4) is 0 Å². The number of carbonyl (C=O) groups excluding carboxylic acids is 1. The van der Waals surface area contributed by atoms with E-state index < -0.39 is 0 Å². The third-order valence-corrected chi connectivity index (χ3v) is 5.36. The van der Waals surface area contributed by atoms with E-state index in [0.29, 0.717) is 43.2 Å². The number of rotatable bonds is 8. The molecular weight excluding hydrogens is 404 g/mol. The van der Waals surface area contributed by atoms with Crippen molar-refractivity contribution in [1.29, 1.82) is 0 Å². The summed E-state index contributed by atoms with van der Waals surface area (Å²) >= 11 is 0. The summed E-state index contributed by atoms with van der Waals surface area (Å²) in [5.74, 6) is 0.977. The average molecular weight is 426 g/mol. The quantitative estimate of drug-likeness (QED) is 0.347. The molecule has 5 rings (SSSR count). The second-order valence-electron chi connectivity index (χ2n) is 7.70. The monoisotopic (exact) mass is 426 g/mol. The predicted molar refractivity (Wildman–Crippen MR) is 119 cm³/mol. The molecule has 0 saturated carbocycles. The summed E-state index contributed by atoms with van der Waals surface area (Å²) in [6.07, 6.45) is 6.18. The number of nitrogens with zero attached hydrogens (tertiary/aromatic N) is 6. The Morgan fingerprint density at radius 3 is 2.84 bits per heavy atom. The number of hydrogen-bond donors (Lipinski definition) is 0. The minimum absolute atomic E-state index is 0.0656. The van der Waals surface area contributed by atoms with Gasteiger partial charge < -0.3 is 9.09 Å². The average Bonchev–Trinajstić information content (AvgIpc) is 3.55. The maximum absolute atomic E-state index is 12.5. The van der Waals surface area contributed by atoms with Gasteiger partial charge in [-0.1, -0.05) is 47.1 Å². The molecule has 0 fully saturated rings. The smallest absolute Gasteiger partial charge is 0.276 e.